The molecule has 152 valence electrons. The van der Waals surface area contributed by atoms with Gasteiger partial charge in [-0.1, -0.05) is 0 Å². The fraction of sp³-hybridized carbons (Fsp3) is 1.00. The molecule has 0 bridgehead atoms. The Morgan fingerprint density at radius 1 is 0.400 bits per heavy atom. The van der Waals surface area contributed by atoms with E-state index in [4.69, 9.17) is 12.3 Å². The summed E-state index contributed by atoms with van der Waals surface area (Å²) >= 11 is -3.86. The van der Waals surface area contributed by atoms with Crippen LogP contribution in [0.4, 0.5) is 0 Å². The van der Waals surface area contributed by atoms with Crippen molar-refractivity contribution in [1.29, 1.82) is 0 Å². The average molecular weight is 467 g/mol. The Bertz CT molecular complexity index is 211. The first-order valence-corrected chi connectivity index (χ1v) is 15.5. The van der Waals surface area contributed by atoms with Crippen LogP contribution in [-0.2, 0) is 12.3 Å². The van der Waals surface area contributed by atoms with E-state index in [1.54, 1.807) is 0 Å². The molecule has 0 aliphatic heterocycles. The molecule has 0 radical (unpaired) electrons. The van der Waals surface area contributed by atoms with Crippen LogP contribution < -0.4 is 0 Å². The molecule has 0 aliphatic rings. The predicted molar refractivity (Wildman–Crippen MR) is 108 cm³/mol. The molecule has 0 amide bonds. The van der Waals surface area contributed by atoms with E-state index in [0.717, 1.165) is 25.7 Å². The third-order valence-electron chi connectivity index (χ3n) is 4.11. The Morgan fingerprint density at radius 2 is 0.640 bits per heavy atom. The van der Waals surface area contributed by atoms with Crippen molar-refractivity contribution in [2.75, 3.05) is 26.4 Å². The van der Waals surface area contributed by atoms with Gasteiger partial charge < -0.3 is 0 Å². The Balaban J connectivity index is 4.62. The van der Waals surface area contributed by atoms with Gasteiger partial charge in [0.1, 0.15) is 0 Å². The molecule has 0 atom stereocenters. The summed E-state index contributed by atoms with van der Waals surface area (Å²) in [5.74, 6) is 0. The van der Waals surface area contributed by atoms with Crippen LogP contribution >= 0.6 is 0 Å². The van der Waals surface area contributed by atoms with Crippen molar-refractivity contribution in [3.8, 4) is 0 Å². The quantitative estimate of drug-likeness (QED) is 0.157. The van der Waals surface area contributed by atoms with Gasteiger partial charge >= 0.3 is 164 Å². The molecule has 4 nitrogen and oxygen atoms in total. The zero-order valence-corrected chi connectivity index (χ0v) is 20.3. The second-order valence-corrected chi connectivity index (χ2v) is 12.9. The summed E-state index contributed by atoms with van der Waals surface area (Å²) in [6, 6.07) is 0. The minimum atomic E-state index is -3.86. The van der Waals surface area contributed by atoms with Crippen LogP contribution in [0.15, 0.2) is 0 Å². The molecule has 0 N–H and O–H groups in total. The monoisotopic (exact) mass is 468 g/mol. The van der Waals surface area contributed by atoms with E-state index in [1.165, 1.54) is 51.4 Å². The van der Waals surface area contributed by atoms with Crippen molar-refractivity contribution in [2.24, 2.45) is 0 Å². The SMILES string of the molecule is CCCCC[O][Sn]([O]CCCCC)([O]CCCCC)[O]CCCCC. The second-order valence-electron chi connectivity index (χ2n) is 6.72. The van der Waals surface area contributed by atoms with E-state index in [9.17, 15) is 0 Å². The number of hydrogen-bond donors (Lipinski definition) is 0. The Kier molecular flexibility index (Phi) is 19.9. The number of unbranched alkanes of at least 4 members (excludes halogenated alkanes) is 8. The zero-order valence-electron chi connectivity index (χ0n) is 17.4. The molecule has 0 spiro atoms. The molecular formula is C20H44O4Sn. The second kappa shape index (κ2) is 19.4. The summed E-state index contributed by atoms with van der Waals surface area (Å²) in [6.07, 6.45) is 13.7. The average Bonchev–Trinajstić information content (AvgIpc) is 2.63. The molecule has 0 saturated heterocycles. The molecular weight excluding hydrogens is 423 g/mol. The van der Waals surface area contributed by atoms with Gasteiger partial charge in [-0.2, -0.15) is 0 Å². The third kappa shape index (κ3) is 15.4. The first kappa shape index (κ1) is 25.6. The van der Waals surface area contributed by atoms with E-state index in [2.05, 4.69) is 27.7 Å². The maximum absolute atomic E-state index is 6.22. The van der Waals surface area contributed by atoms with Gasteiger partial charge in [-0.3, -0.25) is 0 Å². The third-order valence-corrected chi connectivity index (χ3v) is 10.5. The van der Waals surface area contributed by atoms with Crippen molar-refractivity contribution in [3.05, 3.63) is 0 Å². The van der Waals surface area contributed by atoms with Crippen molar-refractivity contribution in [3.63, 3.8) is 0 Å². The van der Waals surface area contributed by atoms with E-state index in [1.807, 2.05) is 0 Å². The molecule has 0 aromatic rings. The topological polar surface area (TPSA) is 36.9 Å². The zero-order chi connectivity index (χ0) is 18.6. The van der Waals surface area contributed by atoms with Crippen LogP contribution in [0.2, 0.25) is 0 Å². The molecule has 0 aromatic heterocycles. The van der Waals surface area contributed by atoms with E-state index >= 15 is 0 Å². The van der Waals surface area contributed by atoms with Gasteiger partial charge in [-0.15, -0.1) is 0 Å². The number of rotatable bonds is 20. The Morgan fingerprint density at radius 3 is 0.840 bits per heavy atom. The van der Waals surface area contributed by atoms with Gasteiger partial charge in [-0.25, -0.2) is 0 Å². The van der Waals surface area contributed by atoms with Gasteiger partial charge in [-0.05, 0) is 0 Å². The summed E-state index contributed by atoms with van der Waals surface area (Å²) < 4.78 is 24.9. The molecule has 0 heterocycles. The molecule has 25 heavy (non-hydrogen) atoms. The van der Waals surface area contributed by atoms with Crippen LogP contribution in [-0.4, -0.2) is 46.5 Å². The van der Waals surface area contributed by atoms with Crippen LogP contribution in [0.25, 0.3) is 0 Å². The maximum atomic E-state index is 6.22. The van der Waals surface area contributed by atoms with Gasteiger partial charge in [0.2, 0.25) is 0 Å². The standard InChI is InChI=1S/4C5H11O.Sn/c4*1-2-3-4-5-6;/h4*2-5H2,1H3;/q4*-1;+4. The summed E-state index contributed by atoms with van der Waals surface area (Å²) in [6.45, 7) is 11.7. The van der Waals surface area contributed by atoms with Crippen molar-refractivity contribution >= 4 is 20.0 Å². The fourth-order valence-electron chi connectivity index (χ4n) is 2.45. The van der Waals surface area contributed by atoms with Crippen LogP contribution in [0.3, 0.4) is 0 Å². The molecule has 0 rings (SSSR count). The summed E-state index contributed by atoms with van der Waals surface area (Å²) in [5.41, 5.74) is 0. The van der Waals surface area contributed by atoms with Gasteiger partial charge in [0.05, 0.1) is 0 Å². The molecule has 5 heteroatoms. The van der Waals surface area contributed by atoms with Gasteiger partial charge in [0.15, 0.2) is 0 Å². The van der Waals surface area contributed by atoms with E-state index < -0.39 is 20.0 Å². The fourth-order valence-corrected chi connectivity index (χ4v) is 8.38. The first-order chi connectivity index (χ1) is 12.2. The van der Waals surface area contributed by atoms with Crippen LogP contribution in [0.5, 0.6) is 0 Å². The van der Waals surface area contributed by atoms with Gasteiger partial charge in [0, 0.05) is 0 Å². The van der Waals surface area contributed by atoms with Crippen molar-refractivity contribution < 1.29 is 12.3 Å². The first-order valence-electron chi connectivity index (χ1n) is 10.8. The van der Waals surface area contributed by atoms with Crippen LogP contribution in [0.1, 0.15) is 105 Å². The predicted octanol–water partition coefficient (Wildman–Crippen LogP) is 6.25. The van der Waals surface area contributed by atoms with Crippen LogP contribution in [0, 0.1) is 0 Å². The van der Waals surface area contributed by atoms with E-state index in [-0.39, 0.29) is 0 Å². The Hall–Kier alpha value is 0.639. The summed E-state index contributed by atoms with van der Waals surface area (Å²) in [7, 11) is 0. The molecule has 0 aromatic carbocycles. The molecule has 0 aliphatic carbocycles. The Labute approximate surface area is 163 Å². The minimum absolute atomic E-state index is 0.708. The van der Waals surface area contributed by atoms with Gasteiger partial charge in [0.25, 0.3) is 0 Å². The number of hydrogen-bond acceptors (Lipinski definition) is 4. The normalized spacial score (nSPS) is 12.0. The summed E-state index contributed by atoms with van der Waals surface area (Å²) in [4.78, 5) is 0. The molecule has 0 unspecified atom stereocenters. The van der Waals surface area contributed by atoms with Crippen molar-refractivity contribution in [1.82, 2.24) is 0 Å². The molecule has 0 fully saturated rings. The molecule has 0 saturated carbocycles. The van der Waals surface area contributed by atoms with Crippen molar-refractivity contribution in [2.45, 2.75) is 105 Å². The summed E-state index contributed by atoms with van der Waals surface area (Å²) in [5, 5.41) is 0. The van der Waals surface area contributed by atoms with E-state index in [0.29, 0.717) is 26.4 Å².